The van der Waals surface area contributed by atoms with Gasteiger partial charge in [0.15, 0.2) is 16.8 Å². The number of halogens is 1. The summed E-state index contributed by atoms with van der Waals surface area (Å²) in [5, 5.41) is 3.24. The summed E-state index contributed by atoms with van der Waals surface area (Å²) in [5.74, 6) is 0.991. The van der Waals surface area contributed by atoms with Crippen molar-refractivity contribution in [2.24, 2.45) is 0 Å². The number of nitrogens with zero attached hydrogens (tertiary/aromatic N) is 2. The van der Waals surface area contributed by atoms with Gasteiger partial charge in [0.05, 0.1) is 6.61 Å². The second-order valence-corrected chi connectivity index (χ2v) is 3.40. The van der Waals surface area contributed by atoms with E-state index in [1.165, 1.54) is 0 Å². The summed E-state index contributed by atoms with van der Waals surface area (Å²) in [5.41, 5.74) is 6.06. The SMILES string of the molecule is COCCNc1nc(COC)nc(Cl)c1N. The first-order valence-electron chi connectivity index (χ1n) is 4.72. The average molecular weight is 247 g/mol. The molecule has 1 aromatic heterocycles. The molecule has 0 radical (unpaired) electrons. The number of nitrogens with two attached hydrogens (primary N) is 1. The maximum atomic E-state index is 5.86. The van der Waals surface area contributed by atoms with Gasteiger partial charge >= 0.3 is 0 Å². The molecule has 1 aromatic rings. The normalized spacial score (nSPS) is 10.4. The molecular weight excluding hydrogens is 232 g/mol. The zero-order valence-corrected chi connectivity index (χ0v) is 10.0. The molecule has 3 N–H and O–H groups in total. The van der Waals surface area contributed by atoms with Crippen LogP contribution in [0.25, 0.3) is 0 Å². The summed E-state index contributed by atoms with van der Waals surface area (Å²) in [7, 11) is 3.18. The first-order valence-corrected chi connectivity index (χ1v) is 5.10. The van der Waals surface area contributed by atoms with Crippen LogP contribution in [0.1, 0.15) is 5.82 Å². The largest absolute Gasteiger partial charge is 0.393 e. The van der Waals surface area contributed by atoms with Gasteiger partial charge in [-0.2, -0.15) is 0 Å². The molecule has 0 spiro atoms. The minimum Gasteiger partial charge on any atom is -0.393 e. The number of anilines is 2. The molecule has 16 heavy (non-hydrogen) atoms. The zero-order valence-electron chi connectivity index (χ0n) is 9.29. The molecule has 90 valence electrons. The molecule has 0 atom stereocenters. The van der Waals surface area contributed by atoms with Gasteiger partial charge in [0.2, 0.25) is 0 Å². The first kappa shape index (κ1) is 13.0. The minimum absolute atomic E-state index is 0.224. The second-order valence-electron chi connectivity index (χ2n) is 3.05. The highest BCUT2D eigenvalue weighted by atomic mass is 35.5. The number of nitrogen functional groups attached to an aromatic ring is 1. The topological polar surface area (TPSA) is 82.3 Å². The smallest absolute Gasteiger partial charge is 0.158 e. The Hall–Kier alpha value is -1.11. The van der Waals surface area contributed by atoms with Gasteiger partial charge in [0.25, 0.3) is 0 Å². The lowest BCUT2D eigenvalue weighted by Gasteiger charge is -2.10. The number of methoxy groups -OCH3 is 2. The van der Waals surface area contributed by atoms with Gasteiger partial charge in [-0.1, -0.05) is 11.6 Å². The highest BCUT2D eigenvalue weighted by Crippen LogP contribution is 2.23. The quantitative estimate of drug-likeness (QED) is 0.574. The summed E-state index contributed by atoms with van der Waals surface area (Å²) in [4.78, 5) is 8.17. The number of hydrogen-bond acceptors (Lipinski definition) is 6. The Morgan fingerprint density at radius 2 is 2.06 bits per heavy atom. The number of aromatic nitrogens is 2. The van der Waals surface area contributed by atoms with Gasteiger partial charge in [-0.05, 0) is 0 Å². The maximum absolute atomic E-state index is 5.86. The molecule has 0 aliphatic rings. The van der Waals surface area contributed by atoms with Crippen molar-refractivity contribution < 1.29 is 9.47 Å². The van der Waals surface area contributed by atoms with Crippen molar-refractivity contribution in [3.05, 3.63) is 11.0 Å². The van der Waals surface area contributed by atoms with E-state index in [1.807, 2.05) is 0 Å². The van der Waals surface area contributed by atoms with Crippen LogP contribution in [0.4, 0.5) is 11.5 Å². The lowest BCUT2D eigenvalue weighted by atomic mass is 10.4. The molecule has 0 bridgehead atoms. The van der Waals surface area contributed by atoms with E-state index < -0.39 is 0 Å². The van der Waals surface area contributed by atoms with Crippen LogP contribution < -0.4 is 11.1 Å². The average Bonchev–Trinajstić information content (AvgIpc) is 2.25. The number of rotatable bonds is 6. The van der Waals surface area contributed by atoms with Crippen molar-refractivity contribution in [1.29, 1.82) is 0 Å². The van der Waals surface area contributed by atoms with Crippen LogP contribution in [0.15, 0.2) is 0 Å². The van der Waals surface area contributed by atoms with Gasteiger partial charge in [0.1, 0.15) is 12.3 Å². The number of nitrogens with one attached hydrogen (secondary N) is 1. The fourth-order valence-electron chi connectivity index (χ4n) is 1.09. The molecule has 6 nitrogen and oxygen atoms in total. The van der Waals surface area contributed by atoms with Gasteiger partial charge in [-0.3, -0.25) is 0 Å². The van der Waals surface area contributed by atoms with Crippen LogP contribution in [0.5, 0.6) is 0 Å². The van der Waals surface area contributed by atoms with E-state index in [2.05, 4.69) is 15.3 Å². The Labute approximate surface area is 99.1 Å². The molecule has 1 rings (SSSR count). The van der Waals surface area contributed by atoms with Gasteiger partial charge in [-0.15, -0.1) is 0 Å². The third-order valence-corrected chi connectivity index (χ3v) is 2.11. The lowest BCUT2D eigenvalue weighted by molar-refractivity contribution is 0.178. The zero-order chi connectivity index (χ0) is 12.0. The van der Waals surface area contributed by atoms with Crippen LogP contribution in [0.2, 0.25) is 5.15 Å². The second kappa shape index (κ2) is 6.47. The monoisotopic (exact) mass is 246 g/mol. The Kier molecular flexibility index (Phi) is 5.24. The summed E-state index contributed by atoms with van der Waals surface area (Å²) >= 11 is 5.86. The highest BCUT2D eigenvalue weighted by Gasteiger charge is 2.09. The first-order chi connectivity index (χ1) is 7.69. The van der Waals surface area contributed by atoms with Crippen molar-refractivity contribution in [2.75, 3.05) is 38.4 Å². The van der Waals surface area contributed by atoms with Crippen molar-refractivity contribution in [1.82, 2.24) is 9.97 Å². The van der Waals surface area contributed by atoms with E-state index in [4.69, 9.17) is 26.8 Å². The Morgan fingerprint density at radius 3 is 2.69 bits per heavy atom. The van der Waals surface area contributed by atoms with Crippen LogP contribution in [0, 0.1) is 0 Å². The van der Waals surface area contributed by atoms with E-state index >= 15 is 0 Å². The van der Waals surface area contributed by atoms with Crippen LogP contribution in [-0.2, 0) is 16.1 Å². The van der Waals surface area contributed by atoms with Crippen molar-refractivity contribution in [2.45, 2.75) is 6.61 Å². The van der Waals surface area contributed by atoms with Gasteiger partial charge in [0, 0.05) is 20.8 Å². The van der Waals surface area contributed by atoms with Crippen LogP contribution in [0.3, 0.4) is 0 Å². The van der Waals surface area contributed by atoms with E-state index in [-0.39, 0.29) is 5.15 Å². The van der Waals surface area contributed by atoms with Crippen LogP contribution in [-0.4, -0.2) is 37.3 Å². The summed E-state index contributed by atoms with van der Waals surface area (Å²) < 4.78 is 9.83. The fourth-order valence-corrected chi connectivity index (χ4v) is 1.27. The van der Waals surface area contributed by atoms with Crippen LogP contribution >= 0.6 is 11.6 Å². The third-order valence-electron chi connectivity index (χ3n) is 1.82. The fraction of sp³-hybridized carbons (Fsp3) is 0.556. The Bertz CT molecular complexity index is 349. The Morgan fingerprint density at radius 1 is 1.31 bits per heavy atom. The molecular formula is C9H15ClN4O2. The van der Waals surface area contributed by atoms with E-state index in [0.717, 1.165) is 0 Å². The predicted octanol–water partition coefficient (Wildman–Crippen LogP) is 0.917. The highest BCUT2D eigenvalue weighted by molar-refractivity contribution is 6.32. The summed E-state index contributed by atoms with van der Waals surface area (Å²) in [6, 6.07) is 0. The van der Waals surface area contributed by atoms with E-state index in [9.17, 15) is 0 Å². The summed E-state index contributed by atoms with van der Waals surface area (Å²) in [6.45, 7) is 1.44. The minimum atomic E-state index is 0.224. The molecule has 0 fully saturated rings. The standard InChI is InChI=1S/C9H15ClN4O2/c1-15-4-3-12-9-7(11)8(10)13-6(14-9)5-16-2/h3-5,11H2,1-2H3,(H,12,13,14). The molecule has 0 aliphatic carbocycles. The maximum Gasteiger partial charge on any atom is 0.158 e. The van der Waals surface area contributed by atoms with Gasteiger partial charge in [-0.25, -0.2) is 9.97 Å². The Balaban J connectivity index is 2.79. The molecule has 0 unspecified atom stereocenters. The van der Waals surface area contributed by atoms with Crippen molar-refractivity contribution >= 4 is 23.1 Å². The lowest BCUT2D eigenvalue weighted by Crippen LogP contribution is -2.13. The van der Waals surface area contributed by atoms with Crippen molar-refractivity contribution in [3.63, 3.8) is 0 Å². The predicted molar refractivity (Wildman–Crippen MR) is 62.5 cm³/mol. The molecule has 0 aliphatic heterocycles. The van der Waals surface area contributed by atoms with E-state index in [1.54, 1.807) is 14.2 Å². The molecule has 0 saturated heterocycles. The molecule has 0 saturated carbocycles. The van der Waals surface area contributed by atoms with Gasteiger partial charge < -0.3 is 20.5 Å². The summed E-state index contributed by atoms with van der Waals surface area (Å²) in [6.07, 6.45) is 0. The van der Waals surface area contributed by atoms with Crippen molar-refractivity contribution in [3.8, 4) is 0 Å². The third kappa shape index (κ3) is 3.48. The molecule has 0 amide bonds. The molecule has 0 aromatic carbocycles. The number of ether oxygens (including phenoxy) is 2. The molecule has 7 heteroatoms. The van der Waals surface area contributed by atoms with E-state index in [0.29, 0.717) is 37.1 Å². The number of hydrogen-bond donors (Lipinski definition) is 2. The molecule has 1 heterocycles.